The summed E-state index contributed by atoms with van der Waals surface area (Å²) >= 11 is 8.12. The summed E-state index contributed by atoms with van der Waals surface area (Å²) in [5, 5.41) is 15.4. The van der Waals surface area contributed by atoms with Gasteiger partial charge in [-0.2, -0.15) is 0 Å². The molecule has 3 atom stereocenters. The van der Waals surface area contributed by atoms with E-state index in [0.717, 1.165) is 4.90 Å². The summed E-state index contributed by atoms with van der Waals surface area (Å²) in [6.45, 7) is 1.91. The molecule has 254 valence electrons. The zero-order chi connectivity index (χ0) is 35.0. The van der Waals surface area contributed by atoms with Gasteiger partial charge in [-0.1, -0.05) is 42.8 Å². The van der Waals surface area contributed by atoms with Crippen molar-refractivity contribution >= 4 is 51.7 Å². The van der Waals surface area contributed by atoms with Crippen LogP contribution in [0.1, 0.15) is 41.6 Å². The van der Waals surface area contributed by atoms with Crippen LogP contribution in [0.4, 0.5) is 0 Å². The molecule has 2 heterocycles. The van der Waals surface area contributed by atoms with Gasteiger partial charge in [0, 0.05) is 54.3 Å². The monoisotopic (exact) mass is 703 g/mol. The minimum atomic E-state index is -1.99. The summed E-state index contributed by atoms with van der Waals surface area (Å²) < 4.78 is 18.6. The molecule has 0 saturated carbocycles. The first-order valence-electron chi connectivity index (χ1n) is 15.6. The zero-order valence-corrected chi connectivity index (χ0v) is 28.8. The lowest BCUT2D eigenvalue weighted by Gasteiger charge is -2.38. The maximum atomic E-state index is 14.3. The standard InChI is InChI=1S/C36H34ClN3O8S/c1-19-15-25(41)29(33(43)36(19)34(44)30-26(46-2)17-27(47-3)31(37)32(30)48-36)23(20-9-11-21(49-4)12-10-20)16-28(42)38-13-14-40-18-39-24-8-6-5-7-22(24)35(40)45/h5-12,17-19,23,43H,13-16H2,1-4H3,(H,38,42)/t19-,23?,36+/m1/s1. The van der Waals surface area contributed by atoms with Crippen LogP contribution < -0.4 is 25.1 Å². The maximum Gasteiger partial charge on any atom is 0.261 e. The number of aliphatic hydroxyl groups is 1. The van der Waals surface area contributed by atoms with Crippen LogP contribution in [0.3, 0.4) is 0 Å². The van der Waals surface area contributed by atoms with Gasteiger partial charge in [0.2, 0.25) is 17.3 Å². The molecule has 0 bridgehead atoms. The Morgan fingerprint density at radius 2 is 1.86 bits per heavy atom. The number of amides is 1. The number of carbonyl (C=O) groups is 3. The largest absolute Gasteiger partial charge is 0.507 e. The quantitative estimate of drug-likeness (QED) is 0.203. The molecule has 1 amide bonds. The van der Waals surface area contributed by atoms with Crippen LogP contribution in [0.5, 0.6) is 17.2 Å². The third-order valence-electron chi connectivity index (χ3n) is 9.17. The third-order valence-corrected chi connectivity index (χ3v) is 10.3. The highest BCUT2D eigenvalue weighted by Gasteiger charge is 2.61. The first-order valence-corrected chi connectivity index (χ1v) is 17.2. The number of halogens is 1. The number of fused-ring (bicyclic) bond motifs is 2. The molecular formula is C36H34ClN3O8S. The van der Waals surface area contributed by atoms with Crippen molar-refractivity contribution in [1.29, 1.82) is 0 Å². The molecule has 0 saturated heterocycles. The number of ether oxygens (including phenoxy) is 3. The summed E-state index contributed by atoms with van der Waals surface area (Å²) in [7, 11) is 2.79. The summed E-state index contributed by atoms with van der Waals surface area (Å²) in [4.78, 5) is 59.9. The number of hydrogen-bond acceptors (Lipinski definition) is 10. The van der Waals surface area contributed by atoms with E-state index >= 15 is 0 Å². The summed E-state index contributed by atoms with van der Waals surface area (Å²) in [5.41, 5.74) is -1.13. The Hall–Kier alpha value is -4.81. The number of hydrogen-bond donors (Lipinski definition) is 2. The lowest BCUT2D eigenvalue weighted by Crippen LogP contribution is -2.53. The van der Waals surface area contributed by atoms with Crippen LogP contribution in [0.2, 0.25) is 5.02 Å². The minimum Gasteiger partial charge on any atom is -0.507 e. The van der Waals surface area contributed by atoms with Gasteiger partial charge in [-0.25, -0.2) is 4.98 Å². The summed E-state index contributed by atoms with van der Waals surface area (Å²) in [6, 6.07) is 15.8. The zero-order valence-electron chi connectivity index (χ0n) is 27.2. The number of aliphatic hydroxyl groups excluding tert-OH is 1. The predicted molar refractivity (Wildman–Crippen MR) is 185 cm³/mol. The third kappa shape index (κ3) is 5.82. The Labute approximate surface area is 291 Å². The normalized spacial score (nSPS) is 19.2. The summed E-state index contributed by atoms with van der Waals surface area (Å²) in [6.07, 6.45) is 2.98. The van der Waals surface area contributed by atoms with Gasteiger partial charge in [0.1, 0.15) is 22.1 Å². The van der Waals surface area contributed by atoms with Gasteiger partial charge in [-0.15, -0.1) is 11.8 Å². The van der Waals surface area contributed by atoms with E-state index in [4.69, 9.17) is 25.8 Å². The van der Waals surface area contributed by atoms with E-state index in [1.807, 2.05) is 18.4 Å². The van der Waals surface area contributed by atoms with Crippen molar-refractivity contribution in [2.45, 2.75) is 42.7 Å². The van der Waals surface area contributed by atoms with Gasteiger partial charge in [-0.3, -0.25) is 23.7 Å². The highest BCUT2D eigenvalue weighted by Crippen LogP contribution is 2.55. The fourth-order valence-corrected chi connectivity index (χ4v) is 7.27. The van der Waals surface area contributed by atoms with E-state index in [1.54, 1.807) is 43.3 Å². The average Bonchev–Trinajstić information content (AvgIpc) is 3.42. The number of carbonyl (C=O) groups excluding carboxylic acids is 3. The molecule has 49 heavy (non-hydrogen) atoms. The Bertz CT molecular complexity index is 2080. The fourth-order valence-electron chi connectivity index (χ4n) is 6.60. The van der Waals surface area contributed by atoms with E-state index < -0.39 is 40.7 Å². The Morgan fingerprint density at radius 1 is 1.14 bits per heavy atom. The van der Waals surface area contributed by atoms with Crippen molar-refractivity contribution in [3.05, 3.63) is 98.8 Å². The molecule has 3 aromatic carbocycles. The molecule has 1 unspecified atom stereocenters. The number of nitrogens with zero attached hydrogens (tertiary/aromatic N) is 2. The van der Waals surface area contributed by atoms with Crippen molar-refractivity contribution < 1.29 is 33.7 Å². The Morgan fingerprint density at radius 3 is 2.55 bits per heavy atom. The van der Waals surface area contributed by atoms with Gasteiger partial charge in [0.15, 0.2) is 17.3 Å². The molecule has 2 N–H and O–H groups in total. The molecule has 6 rings (SSSR count). The second-order valence-corrected chi connectivity index (χ2v) is 13.2. The van der Waals surface area contributed by atoms with E-state index in [1.165, 1.54) is 42.9 Å². The number of Topliss-reactive ketones (excluding diaryl/α,β-unsaturated/α-hetero) is 2. The first-order chi connectivity index (χ1) is 23.5. The molecule has 1 spiro atoms. The topological polar surface area (TPSA) is 146 Å². The molecule has 13 heteroatoms. The number of allylic oxidation sites excluding steroid dienone is 1. The van der Waals surface area contributed by atoms with Crippen LogP contribution in [0.25, 0.3) is 10.9 Å². The molecule has 1 aliphatic carbocycles. The number of benzene rings is 3. The molecule has 2 aliphatic rings. The van der Waals surface area contributed by atoms with Gasteiger partial charge < -0.3 is 24.6 Å². The number of nitrogens with one attached hydrogen (secondary N) is 1. The van der Waals surface area contributed by atoms with Gasteiger partial charge in [-0.05, 0) is 36.1 Å². The minimum absolute atomic E-state index is 0.0197. The van der Waals surface area contributed by atoms with Crippen LogP contribution in [0.15, 0.2) is 81.9 Å². The van der Waals surface area contributed by atoms with Gasteiger partial charge in [0.05, 0.1) is 31.4 Å². The van der Waals surface area contributed by atoms with Gasteiger partial charge >= 0.3 is 0 Å². The number of para-hydroxylation sites is 1. The molecule has 1 aromatic heterocycles. The van der Waals surface area contributed by atoms with Crippen molar-refractivity contribution in [1.82, 2.24) is 14.9 Å². The maximum absolute atomic E-state index is 14.3. The van der Waals surface area contributed by atoms with Crippen LogP contribution in [-0.4, -0.2) is 64.8 Å². The van der Waals surface area contributed by atoms with Crippen LogP contribution in [0, 0.1) is 5.92 Å². The second kappa shape index (κ2) is 13.6. The first kappa shape index (κ1) is 34.1. The number of rotatable bonds is 10. The van der Waals surface area contributed by atoms with Crippen LogP contribution >= 0.6 is 23.4 Å². The molecular weight excluding hydrogens is 670 g/mol. The summed E-state index contributed by atoms with van der Waals surface area (Å²) in [5.74, 6) is -3.45. The van der Waals surface area contributed by atoms with E-state index in [9.17, 15) is 24.3 Å². The second-order valence-electron chi connectivity index (χ2n) is 11.9. The Kier molecular flexibility index (Phi) is 9.45. The lowest BCUT2D eigenvalue weighted by molar-refractivity contribution is -0.121. The number of aromatic nitrogens is 2. The number of thioether (sulfide) groups is 1. The molecule has 4 aromatic rings. The van der Waals surface area contributed by atoms with Crippen molar-refractivity contribution in [2.24, 2.45) is 5.92 Å². The van der Waals surface area contributed by atoms with Crippen molar-refractivity contribution in [3.63, 3.8) is 0 Å². The highest BCUT2D eigenvalue weighted by molar-refractivity contribution is 7.98. The SMILES string of the molecule is COc1cc(OC)c2c(c1Cl)O[C@]1(C2=O)C(O)=C(C(CC(=O)NCCn2cnc3ccccc3c2=O)c2ccc(SC)cc2)C(=O)C[C@H]1C. The Balaban J connectivity index is 1.35. The fraction of sp³-hybridized carbons (Fsp3) is 0.306. The molecule has 11 nitrogen and oxygen atoms in total. The predicted octanol–water partition coefficient (Wildman–Crippen LogP) is 5.51. The smallest absolute Gasteiger partial charge is 0.261 e. The van der Waals surface area contributed by atoms with E-state index in [2.05, 4.69) is 10.3 Å². The van der Waals surface area contributed by atoms with Crippen molar-refractivity contribution in [2.75, 3.05) is 27.0 Å². The molecule has 1 aliphatic heterocycles. The van der Waals surface area contributed by atoms with Crippen LogP contribution in [-0.2, 0) is 16.1 Å². The number of methoxy groups -OCH3 is 2. The molecule has 0 fully saturated rings. The lowest BCUT2D eigenvalue weighted by atomic mass is 9.69. The van der Waals surface area contributed by atoms with E-state index in [0.29, 0.717) is 16.5 Å². The molecule has 0 radical (unpaired) electrons. The van der Waals surface area contributed by atoms with E-state index in [-0.39, 0.29) is 64.9 Å². The van der Waals surface area contributed by atoms with Gasteiger partial charge in [0.25, 0.3) is 5.56 Å². The number of ketones is 2. The average molecular weight is 704 g/mol. The highest BCUT2D eigenvalue weighted by atomic mass is 35.5. The van der Waals surface area contributed by atoms with Crippen molar-refractivity contribution in [3.8, 4) is 17.2 Å².